The summed E-state index contributed by atoms with van der Waals surface area (Å²) >= 11 is 0. The Kier molecular flexibility index (Phi) is 3.17. The van der Waals surface area contributed by atoms with E-state index in [1.54, 1.807) is 25.2 Å². The molecule has 1 heterocycles. The maximum absolute atomic E-state index is 11.9. The van der Waals surface area contributed by atoms with E-state index in [2.05, 4.69) is 10.3 Å². The standard InChI is InChI=1S/C15H21N3O/c1-18(2)15(19)13-9-12(7-8-16-13)17-14(10-3-4-10)11-5-6-11/h7-11,14H,3-6H2,1-2H3,(H,16,17). The lowest BCUT2D eigenvalue weighted by atomic mass is 10.1. The van der Waals surface area contributed by atoms with E-state index in [0.717, 1.165) is 17.5 Å². The van der Waals surface area contributed by atoms with Crippen LogP contribution in [0.25, 0.3) is 0 Å². The van der Waals surface area contributed by atoms with Gasteiger partial charge in [0.25, 0.3) is 5.91 Å². The van der Waals surface area contributed by atoms with E-state index in [1.807, 2.05) is 12.1 Å². The van der Waals surface area contributed by atoms with E-state index < -0.39 is 0 Å². The zero-order chi connectivity index (χ0) is 13.4. The van der Waals surface area contributed by atoms with Crippen molar-refractivity contribution in [1.82, 2.24) is 9.88 Å². The number of nitrogens with zero attached hydrogens (tertiary/aromatic N) is 2. The lowest BCUT2D eigenvalue weighted by molar-refractivity contribution is 0.0822. The molecule has 0 spiro atoms. The van der Waals surface area contributed by atoms with Crippen molar-refractivity contribution < 1.29 is 4.79 Å². The average Bonchev–Trinajstić information content (AvgIpc) is 3.28. The zero-order valence-corrected chi connectivity index (χ0v) is 11.6. The number of carbonyl (C=O) groups excluding carboxylic acids is 1. The van der Waals surface area contributed by atoms with Crippen LogP contribution in [0.3, 0.4) is 0 Å². The summed E-state index contributed by atoms with van der Waals surface area (Å²) in [4.78, 5) is 17.6. The van der Waals surface area contributed by atoms with Gasteiger partial charge in [0.15, 0.2) is 0 Å². The van der Waals surface area contributed by atoms with Gasteiger partial charge in [-0.2, -0.15) is 0 Å². The molecule has 2 aliphatic carbocycles. The van der Waals surface area contributed by atoms with Crippen LogP contribution in [0.15, 0.2) is 18.3 Å². The van der Waals surface area contributed by atoms with Crippen LogP contribution in [0.1, 0.15) is 36.2 Å². The maximum atomic E-state index is 11.9. The summed E-state index contributed by atoms with van der Waals surface area (Å²) in [5.74, 6) is 1.64. The predicted molar refractivity (Wildman–Crippen MR) is 75.1 cm³/mol. The molecule has 19 heavy (non-hydrogen) atoms. The van der Waals surface area contributed by atoms with Crippen LogP contribution in [0.4, 0.5) is 5.69 Å². The summed E-state index contributed by atoms with van der Waals surface area (Å²) in [6.45, 7) is 0. The molecule has 102 valence electrons. The Morgan fingerprint density at radius 1 is 1.32 bits per heavy atom. The highest BCUT2D eigenvalue weighted by atomic mass is 16.2. The van der Waals surface area contributed by atoms with Crippen LogP contribution >= 0.6 is 0 Å². The van der Waals surface area contributed by atoms with Crippen LogP contribution in [-0.2, 0) is 0 Å². The highest BCUT2D eigenvalue weighted by molar-refractivity contribution is 5.92. The molecule has 2 fully saturated rings. The van der Waals surface area contributed by atoms with Gasteiger partial charge in [-0.15, -0.1) is 0 Å². The second kappa shape index (κ2) is 4.83. The number of anilines is 1. The van der Waals surface area contributed by atoms with E-state index in [-0.39, 0.29) is 5.91 Å². The Balaban J connectivity index is 1.73. The Labute approximate surface area is 114 Å². The fourth-order valence-electron chi connectivity index (χ4n) is 2.59. The molecule has 3 rings (SSSR count). The largest absolute Gasteiger partial charge is 0.382 e. The van der Waals surface area contributed by atoms with Crippen molar-refractivity contribution in [3.05, 3.63) is 24.0 Å². The third-order valence-electron chi connectivity index (χ3n) is 3.98. The van der Waals surface area contributed by atoms with Gasteiger partial charge >= 0.3 is 0 Å². The van der Waals surface area contributed by atoms with Gasteiger partial charge in [0.1, 0.15) is 5.69 Å². The molecular weight excluding hydrogens is 238 g/mol. The number of nitrogens with one attached hydrogen (secondary N) is 1. The number of hydrogen-bond donors (Lipinski definition) is 1. The SMILES string of the molecule is CN(C)C(=O)c1cc(NC(C2CC2)C2CC2)ccn1. The number of carbonyl (C=O) groups is 1. The molecule has 0 atom stereocenters. The van der Waals surface area contributed by atoms with Gasteiger partial charge in [0.2, 0.25) is 0 Å². The first-order valence-electron chi connectivity index (χ1n) is 7.09. The summed E-state index contributed by atoms with van der Waals surface area (Å²) in [6.07, 6.45) is 7.12. The van der Waals surface area contributed by atoms with Crippen molar-refractivity contribution in [1.29, 1.82) is 0 Å². The van der Waals surface area contributed by atoms with E-state index in [0.29, 0.717) is 11.7 Å². The minimum Gasteiger partial charge on any atom is -0.382 e. The van der Waals surface area contributed by atoms with Gasteiger partial charge in [-0.1, -0.05) is 0 Å². The number of rotatable bonds is 5. The zero-order valence-electron chi connectivity index (χ0n) is 11.6. The Morgan fingerprint density at radius 2 is 1.95 bits per heavy atom. The molecule has 0 unspecified atom stereocenters. The molecule has 4 heteroatoms. The van der Waals surface area contributed by atoms with Crippen molar-refractivity contribution >= 4 is 11.6 Å². The Morgan fingerprint density at radius 3 is 2.47 bits per heavy atom. The van der Waals surface area contributed by atoms with Gasteiger partial charge in [-0.25, -0.2) is 0 Å². The molecule has 0 aliphatic heterocycles. The molecular formula is C15H21N3O. The second-order valence-electron chi connectivity index (χ2n) is 5.97. The van der Waals surface area contributed by atoms with Crippen molar-refractivity contribution in [3.63, 3.8) is 0 Å². The monoisotopic (exact) mass is 259 g/mol. The molecule has 0 bridgehead atoms. The molecule has 0 radical (unpaired) electrons. The molecule has 2 saturated carbocycles. The topological polar surface area (TPSA) is 45.2 Å². The van der Waals surface area contributed by atoms with Gasteiger partial charge in [-0.05, 0) is 49.7 Å². The highest BCUT2D eigenvalue weighted by Gasteiger charge is 2.41. The third-order valence-corrected chi connectivity index (χ3v) is 3.98. The molecule has 1 N–H and O–H groups in total. The lowest BCUT2D eigenvalue weighted by Gasteiger charge is -2.19. The van der Waals surface area contributed by atoms with Gasteiger partial charge in [0, 0.05) is 32.0 Å². The molecule has 1 amide bonds. The minimum absolute atomic E-state index is 0.0435. The van der Waals surface area contributed by atoms with Crippen LogP contribution in [0.2, 0.25) is 0 Å². The van der Waals surface area contributed by atoms with Crippen LogP contribution in [0.5, 0.6) is 0 Å². The van der Waals surface area contributed by atoms with Gasteiger partial charge in [0.05, 0.1) is 0 Å². The number of pyridine rings is 1. The average molecular weight is 259 g/mol. The number of hydrogen-bond acceptors (Lipinski definition) is 3. The predicted octanol–water partition coefficient (Wildman–Crippen LogP) is 2.38. The number of aromatic nitrogens is 1. The second-order valence-corrected chi connectivity index (χ2v) is 5.97. The fraction of sp³-hybridized carbons (Fsp3) is 0.600. The van der Waals surface area contributed by atoms with E-state index >= 15 is 0 Å². The summed E-state index contributed by atoms with van der Waals surface area (Å²) in [5.41, 5.74) is 1.55. The van der Waals surface area contributed by atoms with Crippen LogP contribution < -0.4 is 5.32 Å². The maximum Gasteiger partial charge on any atom is 0.272 e. The highest BCUT2D eigenvalue weighted by Crippen LogP contribution is 2.45. The lowest BCUT2D eigenvalue weighted by Crippen LogP contribution is -2.25. The molecule has 0 aromatic carbocycles. The third kappa shape index (κ3) is 2.88. The summed E-state index contributed by atoms with van der Waals surface area (Å²) in [6, 6.07) is 4.44. The van der Waals surface area contributed by atoms with E-state index in [1.165, 1.54) is 25.7 Å². The normalized spacial score (nSPS) is 18.5. The fourth-order valence-corrected chi connectivity index (χ4v) is 2.59. The van der Waals surface area contributed by atoms with Crippen LogP contribution in [-0.4, -0.2) is 35.9 Å². The molecule has 1 aromatic rings. The van der Waals surface area contributed by atoms with E-state index in [9.17, 15) is 4.79 Å². The first-order chi connectivity index (χ1) is 9.15. The van der Waals surface area contributed by atoms with Gasteiger partial charge < -0.3 is 10.2 Å². The summed E-state index contributed by atoms with van der Waals surface area (Å²) in [7, 11) is 3.50. The van der Waals surface area contributed by atoms with Gasteiger partial charge in [-0.3, -0.25) is 9.78 Å². The minimum atomic E-state index is -0.0435. The first kappa shape index (κ1) is 12.5. The van der Waals surface area contributed by atoms with E-state index in [4.69, 9.17) is 0 Å². The summed E-state index contributed by atoms with van der Waals surface area (Å²) in [5, 5.41) is 3.63. The van der Waals surface area contributed by atoms with Crippen molar-refractivity contribution in [2.75, 3.05) is 19.4 Å². The summed E-state index contributed by atoms with van der Waals surface area (Å²) < 4.78 is 0. The molecule has 0 saturated heterocycles. The Bertz CT molecular complexity index is 466. The van der Waals surface area contributed by atoms with Crippen molar-refractivity contribution in [3.8, 4) is 0 Å². The number of amides is 1. The quantitative estimate of drug-likeness (QED) is 0.883. The smallest absolute Gasteiger partial charge is 0.272 e. The molecule has 2 aliphatic rings. The Hall–Kier alpha value is -1.58. The first-order valence-corrected chi connectivity index (χ1v) is 7.09. The van der Waals surface area contributed by atoms with Crippen LogP contribution in [0, 0.1) is 11.8 Å². The molecule has 4 nitrogen and oxygen atoms in total. The molecule has 1 aromatic heterocycles. The van der Waals surface area contributed by atoms with Crippen molar-refractivity contribution in [2.24, 2.45) is 11.8 Å². The van der Waals surface area contributed by atoms with Crippen molar-refractivity contribution in [2.45, 2.75) is 31.7 Å².